The number of aromatic amines is 1. The van der Waals surface area contributed by atoms with Crippen molar-refractivity contribution < 1.29 is 18.7 Å². The van der Waals surface area contributed by atoms with Crippen molar-refractivity contribution in [1.82, 2.24) is 14.5 Å². The normalized spacial score (nSPS) is 12.1. The van der Waals surface area contributed by atoms with E-state index in [9.17, 15) is 14.0 Å². The monoisotopic (exact) mass is 377 g/mol. The van der Waals surface area contributed by atoms with Gasteiger partial charge in [0.1, 0.15) is 5.82 Å². The van der Waals surface area contributed by atoms with Crippen molar-refractivity contribution >= 4 is 22.7 Å². The second-order valence-corrected chi connectivity index (χ2v) is 6.29. The molecule has 7 heteroatoms. The number of nitrogens with zero attached hydrogens (tertiary/aromatic N) is 2. The van der Waals surface area contributed by atoms with Crippen molar-refractivity contribution in [2.24, 2.45) is 0 Å². The summed E-state index contributed by atoms with van der Waals surface area (Å²) in [7, 11) is 0. The molecule has 2 heterocycles. The standard InChI is InChI=1S/C21H16FN3O3/c1-13(20(26)17-10-24-18-5-3-2-4-16(17)18)28-21(27)19-11-23-12-25(19)15-8-6-14(22)7-9-15/h2-13,24H,1H3. The molecule has 0 aliphatic rings. The first-order valence-electron chi connectivity index (χ1n) is 8.64. The summed E-state index contributed by atoms with van der Waals surface area (Å²) in [6.45, 7) is 1.53. The number of nitrogens with one attached hydrogen (secondary N) is 1. The molecule has 1 N–H and O–H groups in total. The highest BCUT2D eigenvalue weighted by molar-refractivity contribution is 6.10. The number of esters is 1. The van der Waals surface area contributed by atoms with Crippen LogP contribution < -0.4 is 0 Å². The molecule has 0 fully saturated rings. The summed E-state index contributed by atoms with van der Waals surface area (Å²) in [4.78, 5) is 32.4. The topological polar surface area (TPSA) is 77.0 Å². The second-order valence-electron chi connectivity index (χ2n) is 6.29. The van der Waals surface area contributed by atoms with Crippen LogP contribution in [0, 0.1) is 5.82 Å². The minimum atomic E-state index is -0.983. The van der Waals surface area contributed by atoms with Crippen LogP contribution in [0.25, 0.3) is 16.6 Å². The average Bonchev–Trinajstić information content (AvgIpc) is 3.35. The molecule has 6 nitrogen and oxygen atoms in total. The number of Topliss-reactive ketones (excluding diaryl/α,β-unsaturated/α-hetero) is 1. The van der Waals surface area contributed by atoms with E-state index in [0.29, 0.717) is 11.3 Å². The largest absolute Gasteiger partial charge is 0.450 e. The van der Waals surface area contributed by atoms with Gasteiger partial charge in [0.15, 0.2) is 11.8 Å². The Hall–Kier alpha value is -3.74. The van der Waals surface area contributed by atoms with Crippen molar-refractivity contribution in [3.63, 3.8) is 0 Å². The molecule has 4 aromatic rings. The molecule has 2 aromatic carbocycles. The van der Waals surface area contributed by atoms with E-state index in [4.69, 9.17) is 4.74 Å². The lowest BCUT2D eigenvalue weighted by Crippen LogP contribution is -2.25. The first-order chi connectivity index (χ1) is 13.5. The molecule has 0 saturated heterocycles. The minimum Gasteiger partial charge on any atom is -0.450 e. The van der Waals surface area contributed by atoms with Crippen molar-refractivity contribution in [1.29, 1.82) is 0 Å². The molecule has 0 saturated carbocycles. The average molecular weight is 377 g/mol. The lowest BCUT2D eigenvalue weighted by molar-refractivity contribution is 0.0311. The second kappa shape index (κ2) is 7.11. The Labute approximate surface area is 159 Å². The number of carbonyl (C=O) groups is 2. The molecule has 0 amide bonds. The third kappa shape index (κ3) is 3.18. The molecule has 0 spiro atoms. The Morgan fingerprint density at radius 2 is 1.89 bits per heavy atom. The number of aromatic nitrogens is 3. The van der Waals surface area contributed by atoms with E-state index in [2.05, 4.69) is 9.97 Å². The Balaban J connectivity index is 1.55. The molecule has 0 aliphatic heterocycles. The molecule has 2 aromatic heterocycles. The number of fused-ring (bicyclic) bond motifs is 1. The number of rotatable bonds is 5. The van der Waals surface area contributed by atoms with Gasteiger partial charge in [0.05, 0.1) is 12.5 Å². The SMILES string of the molecule is CC(OC(=O)c1cncn1-c1ccc(F)cc1)C(=O)c1c[nH]c2ccccc12. The fourth-order valence-electron chi connectivity index (χ4n) is 3.02. The molecule has 28 heavy (non-hydrogen) atoms. The number of ketones is 1. The Morgan fingerprint density at radius 1 is 1.14 bits per heavy atom. The fraction of sp³-hybridized carbons (Fsp3) is 0.0952. The molecule has 4 rings (SSSR count). The van der Waals surface area contributed by atoms with Crippen molar-refractivity contribution in [2.75, 3.05) is 0 Å². The van der Waals surface area contributed by atoms with Gasteiger partial charge in [-0.1, -0.05) is 18.2 Å². The molecular formula is C21H16FN3O3. The number of carbonyl (C=O) groups excluding carboxylic acids is 2. The molecular weight excluding hydrogens is 361 g/mol. The lowest BCUT2D eigenvalue weighted by atomic mass is 10.1. The summed E-state index contributed by atoms with van der Waals surface area (Å²) in [6, 6.07) is 13.0. The van der Waals surface area contributed by atoms with Crippen LogP contribution in [0.3, 0.4) is 0 Å². The number of H-pyrrole nitrogens is 1. The summed E-state index contributed by atoms with van der Waals surface area (Å²) in [5.41, 5.74) is 1.99. The number of ether oxygens (including phenoxy) is 1. The van der Waals surface area contributed by atoms with Gasteiger partial charge in [-0.05, 0) is 37.3 Å². The molecule has 0 bridgehead atoms. The highest BCUT2D eigenvalue weighted by Gasteiger charge is 2.24. The molecule has 1 atom stereocenters. The van der Waals surface area contributed by atoms with Gasteiger partial charge in [-0.25, -0.2) is 14.2 Å². The summed E-state index contributed by atoms with van der Waals surface area (Å²) in [5.74, 6) is -1.38. The number of para-hydroxylation sites is 1. The van der Waals surface area contributed by atoms with E-state index < -0.39 is 12.1 Å². The van der Waals surface area contributed by atoms with Crippen molar-refractivity contribution in [3.05, 3.63) is 84.3 Å². The van der Waals surface area contributed by atoms with Crippen molar-refractivity contribution in [2.45, 2.75) is 13.0 Å². The van der Waals surface area contributed by atoms with Crippen LogP contribution in [0.5, 0.6) is 0 Å². The quantitative estimate of drug-likeness (QED) is 0.422. The van der Waals surface area contributed by atoms with Gasteiger partial charge in [-0.15, -0.1) is 0 Å². The maximum Gasteiger partial charge on any atom is 0.357 e. The Morgan fingerprint density at radius 3 is 2.68 bits per heavy atom. The van der Waals surface area contributed by atoms with Gasteiger partial charge in [0.2, 0.25) is 5.78 Å². The third-order valence-corrected chi connectivity index (χ3v) is 4.46. The Kier molecular flexibility index (Phi) is 4.49. The van der Waals surface area contributed by atoms with Crippen LogP contribution in [0.15, 0.2) is 67.3 Å². The van der Waals surface area contributed by atoms with E-state index in [1.54, 1.807) is 6.20 Å². The molecule has 0 aliphatic carbocycles. The first-order valence-corrected chi connectivity index (χ1v) is 8.64. The highest BCUT2D eigenvalue weighted by Crippen LogP contribution is 2.21. The van der Waals surface area contributed by atoms with Crippen LogP contribution in [-0.4, -0.2) is 32.4 Å². The number of hydrogen-bond donors (Lipinski definition) is 1. The summed E-state index contributed by atoms with van der Waals surface area (Å²) in [6.07, 6.45) is 3.40. The van der Waals surface area contributed by atoms with Gasteiger partial charge in [0, 0.05) is 28.4 Å². The zero-order chi connectivity index (χ0) is 19.7. The van der Waals surface area contributed by atoms with Crippen LogP contribution in [-0.2, 0) is 4.74 Å². The summed E-state index contributed by atoms with van der Waals surface area (Å²) in [5, 5.41) is 0.770. The zero-order valence-electron chi connectivity index (χ0n) is 14.9. The van der Waals surface area contributed by atoms with E-state index in [0.717, 1.165) is 10.9 Å². The van der Waals surface area contributed by atoms with Gasteiger partial charge in [-0.2, -0.15) is 0 Å². The van der Waals surface area contributed by atoms with E-state index in [-0.39, 0.29) is 17.3 Å². The van der Waals surface area contributed by atoms with Crippen molar-refractivity contribution in [3.8, 4) is 5.69 Å². The minimum absolute atomic E-state index is 0.144. The van der Waals surface area contributed by atoms with E-state index >= 15 is 0 Å². The van der Waals surface area contributed by atoms with Gasteiger partial charge in [0.25, 0.3) is 0 Å². The zero-order valence-corrected chi connectivity index (χ0v) is 14.9. The molecule has 140 valence electrons. The van der Waals surface area contributed by atoms with Gasteiger partial charge in [-0.3, -0.25) is 9.36 Å². The van der Waals surface area contributed by atoms with Crippen LogP contribution in [0.1, 0.15) is 27.8 Å². The number of hydrogen-bond acceptors (Lipinski definition) is 4. The maximum absolute atomic E-state index is 13.1. The summed E-state index contributed by atoms with van der Waals surface area (Å²) < 4.78 is 20.0. The van der Waals surface area contributed by atoms with Crippen LogP contribution in [0.4, 0.5) is 4.39 Å². The third-order valence-electron chi connectivity index (χ3n) is 4.46. The van der Waals surface area contributed by atoms with Gasteiger partial charge >= 0.3 is 5.97 Å². The van der Waals surface area contributed by atoms with Gasteiger partial charge < -0.3 is 9.72 Å². The van der Waals surface area contributed by atoms with Crippen LogP contribution in [0.2, 0.25) is 0 Å². The summed E-state index contributed by atoms with van der Waals surface area (Å²) >= 11 is 0. The number of benzene rings is 2. The maximum atomic E-state index is 13.1. The fourth-order valence-corrected chi connectivity index (χ4v) is 3.02. The predicted octanol–water partition coefficient (Wildman–Crippen LogP) is 3.92. The van der Waals surface area contributed by atoms with E-state index in [1.165, 1.54) is 48.3 Å². The number of imidazole rings is 1. The smallest absolute Gasteiger partial charge is 0.357 e. The number of halogens is 1. The van der Waals surface area contributed by atoms with E-state index in [1.807, 2.05) is 24.3 Å². The molecule has 1 unspecified atom stereocenters. The predicted molar refractivity (Wildman–Crippen MR) is 101 cm³/mol. The Bertz CT molecular complexity index is 1160. The lowest BCUT2D eigenvalue weighted by Gasteiger charge is -2.13. The van der Waals surface area contributed by atoms with Crippen LogP contribution >= 0.6 is 0 Å². The highest BCUT2D eigenvalue weighted by atomic mass is 19.1. The first kappa shape index (κ1) is 17.7. The molecule has 0 radical (unpaired) electrons.